The molecule has 0 bridgehead atoms. The number of anilines is 1. The third kappa shape index (κ3) is 5.41. The first kappa shape index (κ1) is 20.5. The highest BCUT2D eigenvalue weighted by atomic mass is 16.2. The number of amides is 1. The molecule has 1 saturated heterocycles. The van der Waals surface area contributed by atoms with Gasteiger partial charge in [0.2, 0.25) is 0 Å². The van der Waals surface area contributed by atoms with Crippen LogP contribution in [0.25, 0.3) is 0 Å². The van der Waals surface area contributed by atoms with Crippen molar-refractivity contribution in [1.29, 1.82) is 0 Å². The fraction of sp³-hybridized carbons (Fsp3) is 0.591. The van der Waals surface area contributed by atoms with Crippen LogP contribution >= 0.6 is 0 Å². The summed E-state index contributed by atoms with van der Waals surface area (Å²) in [4.78, 5) is 27.1. The van der Waals surface area contributed by atoms with E-state index in [0.717, 1.165) is 31.0 Å². The number of para-hydroxylation sites is 1. The number of piperidine rings is 1. The van der Waals surface area contributed by atoms with E-state index in [0.29, 0.717) is 18.7 Å². The number of Topliss-reactive ketones (excluding diaryl/α,β-unsaturated/α-hetero) is 1. The fourth-order valence-electron chi connectivity index (χ4n) is 4.04. The average Bonchev–Trinajstić information content (AvgIpc) is 3.14. The van der Waals surface area contributed by atoms with Crippen molar-refractivity contribution < 1.29 is 9.59 Å². The van der Waals surface area contributed by atoms with Crippen LogP contribution in [0.15, 0.2) is 35.4 Å². The van der Waals surface area contributed by atoms with E-state index < -0.39 is 6.04 Å². The number of benzene rings is 1. The van der Waals surface area contributed by atoms with Gasteiger partial charge in [-0.3, -0.25) is 14.6 Å². The van der Waals surface area contributed by atoms with E-state index in [4.69, 9.17) is 0 Å². The molecule has 0 aromatic heterocycles. The lowest BCUT2D eigenvalue weighted by atomic mass is 10.0. The highest BCUT2D eigenvalue weighted by Gasteiger charge is 2.33. The first-order valence-corrected chi connectivity index (χ1v) is 10.5. The Morgan fingerprint density at radius 3 is 2.71 bits per heavy atom. The van der Waals surface area contributed by atoms with E-state index >= 15 is 0 Å². The average molecular weight is 385 g/mol. The van der Waals surface area contributed by atoms with Crippen LogP contribution in [0.2, 0.25) is 0 Å². The number of carbonyl (C=O) groups excluding carboxylic acids is 2. The van der Waals surface area contributed by atoms with Crippen LogP contribution in [-0.2, 0) is 9.59 Å². The summed E-state index contributed by atoms with van der Waals surface area (Å²) in [5.74, 6) is 0.665. The van der Waals surface area contributed by atoms with E-state index in [1.807, 2.05) is 30.3 Å². The molecule has 2 atom stereocenters. The minimum absolute atomic E-state index is 0.0196. The Kier molecular flexibility index (Phi) is 7.20. The second kappa shape index (κ2) is 9.82. The summed E-state index contributed by atoms with van der Waals surface area (Å²) in [5.41, 5.74) is 1.27. The summed E-state index contributed by atoms with van der Waals surface area (Å²) in [6, 6.07) is 9.14. The number of nitrogens with one attached hydrogen (secondary N) is 1. The predicted octanol–water partition coefficient (Wildman–Crippen LogP) is 2.84. The quantitative estimate of drug-likeness (QED) is 0.700. The minimum Gasteiger partial charge on any atom is -0.351 e. The Bertz CT molecular complexity index is 704. The van der Waals surface area contributed by atoms with Crippen LogP contribution in [0.5, 0.6) is 0 Å². The lowest BCUT2D eigenvalue weighted by Crippen LogP contribution is -2.36. The van der Waals surface area contributed by atoms with Gasteiger partial charge in [0.15, 0.2) is 5.78 Å². The van der Waals surface area contributed by atoms with Crippen molar-refractivity contribution in [3.8, 4) is 0 Å². The first-order chi connectivity index (χ1) is 13.5. The summed E-state index contributed by atoms with van der Waals surface area (Å²) in [5, 5.41) is 9.10. The zero-order chi connectivity index (χ0) is 19.9. The summed E-state index contributed by atoms with van der Waals surface area (Å²) in [7, 11) is 0. The minimum atomic E-state index is -0.399. The summed E-state index contributed by atoms with van der Waals surface area (Å²) in [6.07, 6.45) is 5.05. The molecule has 0 spiro atoms. The molecule has 1 amide bonds. The number of hydrazone groups is 1. The third-order valence-corrected chi connectivity index (χ3v) is 5.59. The van der Waals surface area contributed by atoms with Crippen LogP contribution < -0.4 is 10.3 Å². The Hall–Kier alpha value is -2.21. The van der Waals surface area contributed by atoms with Gasteiger partial charge in [0, 0.05) is 19.5 Å². The van der Waals surface area contributed by atoms with Crippen LogP contribution in [0.4, 0.5) is 5.69 Å². The molecule has 2 aliphatic rings. The largest absolute Gasteiger partial charge is 0.351 e. The van der Waals surface area contributed by atoms with Gasteiger partial charge in [-0.1, -0.05) is 25.1 Å². The van der Waals surface area contributed by atoms with Crippen molar-refractivity contribution in [3.05, 3.63) is 30.3 Å². The van der Waals surface area contributed by atoms with Crippen molar-refractivity contribution in [2.24, 2.45) is 11.0 Å². The maximum Gasteiger partial charge on any atom is 0.267 e. The van der Waals surface area contributed by atoms with Gasteiger partial charge in [0.1, 0.15) is 11.8 Å². The second-order valence-electron chi connectivity index (χ2n) is 8.07. The van der Waals surface area contributed by atoms with Crippen molar-refractivity contribution >= 4 is 23.1 Å². The highest BCUT2D eigenvalue weighted by molar-refractivity contribution is 6.40. The van der Waals surface area contributed by atoms with E-state index in [9.17, 15) is 9.59 Å². The fourth-order valence-corrected chi connectivity index (χ4v) is 4.04. The molecule has 2 aliphatic heterocycles. The molecule has 2 heterocycles. The van der Waals surface area contributed by atoms with Crippen LogP contribution in [0.1, 0.15) is 46.0 Å². The van der Waals surface area contributed by atoms with Gasteiger partial charge in [-0.2, -0.15) is 5.10 Å². The van der Waals surface area contributed by atoms with Gasteiger partial charge < -0.3 is 10.2 Å². The molecule has 28 heavy (non-hydrogen) atoms. The number of carbonyl (C=O) groups is 2. The SMILES string of the molecule is CC(=O)[C@H]1CC(C(=O)NCCCCN2CCC[C@@H](C)C2)=NN1c1ccccc1. The Morgan fingerprint density at radius 2 is 2.00 bits per heavy atom. The number of ketones is 1. The van der Waals surface area contributed by atoms with E-state index in [-0.39, 0.29) is 11.7 Å². The van der Waals surface area contributed by atoms with Crippen molar-refractivity contribution in [1.82, 2.24) is 10.2 Å². The highest BCUT2D eigenvalue weighted by Crippen LogP contribution is 2.25. The Balaban J connectivity index is 1.45. The van der Waals surface area contributed by atoms with Gasteiger partial charge >= 0.3 is 0 Å². The zero-order valence-electron chi connectivity index (χ0n) is 17.1. The lowest BCUT2D eigenvalue weighted by molar-refractivity contribution is -0.118. The smallest absolute Gasteiger partial charge is 0.267 e. The molecule has 152 valence electrons. The molecular formula is C22H32N4O2. The van der Waals surface area contributed by atoms with Gasteiger partial charge in [0.25, 0.3) is 5.91 Å². The van der Waals surface area contributed by atoms with Crippen molar-refractivity contribution in [2.75, 3.05) is 31.2 Å². The molecule has 0 saturated carbocycles. The molecule has 1 aromatic rings. The molecule has 6 nitrogen and oxygen atoms in total. The van der Waals surface area contributed by atoms with Gasteiger partial charge in [-0.25, -0.2) is 0 Å². The number of unbranched alkanes of at least 4 members (excludes halogenated alkanes) is 1. The Morgan fingerprint density at radius 1 is 1.21 bits per heavy atom. The topological polar surface area (TPSA) is 65.0 Å². The predicted molar refractivity (Wildman–Crippen MR) is 113 cm³/mol. The number of hydrogen-bond donors (Lipinski definition) is 1. The maximum absolute atomic E-state index is 12.5. The van der Waals surface area contributed by atoms with Crippen molar-refractivity contribution in [2.45, 2.75) is 52.0 Å². The third-order valence-electron chi connectivity index (χ3n) is 5.59. The standard InChI is InChI=1S/C22H32N4O2/c1-17-9-8-14-25(16-17)13-7-6-12-23-22(28)20-15-21(18(2)27)26(24-20)19-10-4-3-5-11-19/h3-5,10-11,17,21H,6-9,12-16H2,1-2H3,(H,23,28)/t17-,21-/m1/s1. The summed E-state index contributed by atoms with van der Waals surface area (Å²) < 4.78 is 0. The molecule has 1 N–H and O–H groups in total. The van der Waals surface area contributed by atoms with Gasteiger partial charge in [-0.05, 0) is 63.7 Å². The molecule has 0 radical (unpaired) electrons. The molecule has 0 aliphatic carbocycles. The van der Waals surface area contributed by atoms with E-state index in [1.165, 1.54) is 25.9 Å². The monoisotopic (exact) mass is 384 g/mol. The normalized spacial score (nSPS) is 22.8. The molecule has 1 aromatic carbocycles. The summed E-state index contributed by atoms with van der Waals surface area (Å²) >= 11 is 0. The molecule has 0 unspecified atom stereocenters. The molecule has 3 rings (SSSR count). The van der Waals surface area contributed by atoms with E-state index in [2.05, 4.69) is 22.2 Å². The van der Waals surface area contributed by atoms with Gasteiger partial charge in [0.05, 0.1) is 5.69 Å². The number of rotatable bonds is 8. The zero-order valence-corrected chi connectivity index (χ0v) is 17.1. The van der Waals surface area contributed by atoms with Crippen LogP contribution in [0, 0.1) is 5.92 Å². The molecular weight excluding hydrogens is 352 g/mol. The van der Waals surface area contributed by atoms with Gasteiger partial charge in [-0.15, -0.1) is 0 Å². The molecule has 6 heteroatoms. The first-order valence-electron chi connectivity index (χ1n) is 10.5. The van der Waals surface area contributed by atoms with Crippen molar-refractivity contribution in [3.63, 3.8) is 0 Å². The number of hydrogen-bond acceptors (Lipinski definition) is 5. The lowest BCUT2D eigenvalue weighted by Gasteiger charge is -2.30. The van der Waals surface area contributed by atoms with E-state index in [1.54, 1.807) is 11.9 Å². The van der Waals surface area contributed by atoms with Crippen LogP contribution in [-0.4, -0.2) is 54.5 Å². The number of nitrogens with zero attached hydrogens (tertiary/aromatic N) is 3. The maximum atomic E-state index is 12.5. The number of likely N-dealkylation sites (tertiary alicyclic amines) is 1. The summed E-state index contributed by atoms with van der Waals surface area (Å²) in [6.45, 7) is 8.03. The second-order valence-corrected chi connectivity index (χ2v) is 8.07. The Labute approximate surface area is 168 Å². The molecule has 1 fully saturated rings. The van der Waals surface area contributed by atoms with Crippen LogP contribution in [0.3, 0.4) is 0 Å².